The molecule has 214 valence electrons. The Hall–Kier alpha value is -4.60. The van der Waals surface area contributed by atoms with Crippen LogP contribution in [-0.2, 0) is 17.5 Å². The fourth-order valence-electron chi connectivity index (χ4n) is 4.18. The molecule has 0 bridgehead atoms. The molecule has 4 rings (SSSR count). The zero-order chi connectivity index (χ0) is 29.8. The first-order valence-corrected chi connectivity index (χ1v) is 13.0. The van der Waals surface area contributed by atoms with Crippen LogP contribution in [0, 0.1) is 0 Å². The average molecular weight is 565 g/mol. The Kier molecular flexibility index (Phi) is 8.51. The Morgan fingerprint density at radius 1 is 0.902 bits per heavy atom. The molecule has 2 N–H and O–H groups in total. The molecule has 10 heteroatoms. The van der Waals surface area contributed by atoms with Crippen LogP contribution in [0.1, 0.15) is 66.5 Å². The summed E-state index contributed by atoms with van der Waals surface area (Å²) in [6.07, 6.45) is -5.40. The van der Waals surface area contributed by atoms with E-state index in [9.17, 15) is 22.8 Å². The summed E-state index contributed by atoms with van der Waals surface area (Å²) in [5.41, 5.74) is 1.08. The summed E-state index contributed by atoms with van der Waals surface area (Å²) in [6.45, 7) is 7.29. The molecule has 4 aromatic rings. The number of benzene rings is 3. The third-order valence-corrected chi connectivity index (χ3v) is 6.17. The van der Waals surface area contributed by atoms with Gasteiger partial charge in [0, 0.05) is 24.2 Å². The molecular weight excluding hydrogens is 533 g/mol. The van der Waals surface area contributed by atoms with Crippen LogP contribution in [-0.4, -0.2) is 27.4 Å². The molecule has 41 heavy (non-hydrogen) atoms. The summed E-state index contributed by atoms with van der Waals surface area (Å²) in [5, 5.41) is 9.03. The van der Waals surface area contributed by atoms with Crippen LogP contribution in [0.25, 0.3) is 5.69 Å². The molecule has 2 amide bonds. The van der Waals surface area contributed by atoms with Gasteiger partial charge in [0.15, 0.2) is 5.69 Å². The van der Waals surface area contributed by atoms with Gasteiger partial charge in [0.1, 0.15) is 11.3 Å². The minimum absolute atomic E-state index is 0.0347. The standard InChI is InChI=1S/C31H31F3N4O3/c1-20(22-11-6-5-7-12-22)23-13-9-14-24(17-23)36-28(39)26-18-27(31(32,33)34)37-38(26)25-15-8-10-21(16-25)19-35-29(40)41-30(2,3)4/h5-18,20H,19H2,1-4H3,(H,35,40)(H,36,39). The van der Waals surface area contributed by atoms with Gasteiger partial charge in [-0.2, -0.15) is 18.3 Å². The van der Waals surface area contributed by atoms with Crippen molar-refractivity contribution < 1.29 is 27.5 Å². The highest BCUT2D eigenvalue weighted by Gasteiger charge is 2.36. The van der Waals surface area contributed by atoms with Crippen LogP contribution < -0.4 is 10.6 Å². The van der Waals surface area contributed by atoms with E-state index in [0.29, 0.717) is 11.3 Å². The minimum atomic E-state index is -4.76. The van der Waals surface area contributed by atoms with Crippen molar-refractivity contribution >= 4 is 17.7 Å². The molecule has 7 nitrogen and oxygen atoms in total. The van der Waals surface area contributed by atoms with Crippen LogP contribution in [0.5, 0.6) is 0 Å². The number of carbonyl (C=O) groups is 2. The van der Waals surface area contributed by atoms with Gasteiger partial charge in [-0.05, 0) is 61.7 Å². The molecule has 0 saturated carbocycles. The molecule has 1 heterocycles. The lowest BCUT2D eigenvalue weighted by Crippen LogP contribution is -2.32. The molecule has 0 spiro atoms. The number of ether oxygens (including phenoxy) is 1. The zero-order valence-electron chi connectivity index (χ0n) is 23.1. The van der Waals surface area contributed by atoms with E-state index >= 15 is 0 Å². The molecule has 1 unspecified atom stereocenters. The SMILES string of the molecule is CC(c1ccccc1)c1cccc(NC(=O)c2cc(C(F)(F)F)nn2-c2cccc(CNC(=O)OC(C)(C)C)c2)c1. The summed E-state index contributed by atoms with van der Waals surface area (Å²) in [5.74, 6) is -0.720. The van der Waals surface area contributed by atoms with Crippen molar-refractivity contribution in [2.75, 3.05) is 5.32 Å². The lowest BCUT2D eigenvalue weighted by molar-refractivity contribution is -0.141. The highest BCUT2D eigenvalue weighted by Crippen LogP contribution is 2.31. The topological polar surface area (TPSA) is 85.3 Å². The van der Waals surface area contributed by atoms with Gasteiger partial charge < -0.3 is 15.4 Å². The Bertz CT molecular complexity index is 1530. The van der Waals surface area contributed by atoms with Gasteiger partial charge in [-0.1, -0.05) is 61.5 Å². The van der Waals surface area contributed by atoms with Crippen LogP contribution in [0.3, 0.4) is 0 Å². The van der Waals surface area contributed by atoms with Gasteiger partial charge >= 0.3 is 12.3 Å². The van der Waals surface area contributed by atoms with E-state index in [4.69, 9.17) is 4.74 Å². The number of amides is 2. The fourth-order valence-corrected chi connectivity index (χ4v) is 4.18. The maximum absolute atomic E-state index is 13.6. The number of aromatic nitrogens is 2. The lowest BCUT2D eigenvalue weighted by atomic mass is 9.93. The van der Waals surface area contributed by atoms with Gasteiger partial charge in [-0.25, -0.2) is 9.48 Å². The second kappa shape index (κ2) is 11.9. The first-order chi connectivity index (χ1) is 19.3. The van der Waals surface area contributed by atoms with Gasteiger partial charge in [0.2, 0.25) is 0 Å². The fraction of sp³-hybridized carbons (Fsp3) is 0.258. The van der Waals surface area contributed by atoms with Crippen LogP contribution in [0.15, 0.2) is 84.9 Å². The maximum atomic E-state index is 13.6. The number of alkyl halides is 3. The Labute approximate surface area is 236 Å². The summed E-state index contributed by atoms with van der Waals surface area (Å²) in [7, 11) is 0. The van der Waals surface area contributed by atoms with Crippen LogP contribution in [0.4, 0.5) is 23.7 Å². The summed E-state index contributed by atoms with van der Waals surface area (Å²) < 4.78 is 47.1. The van der Waals surface area contributed by atoms with E-state index in [0.717, 1.165) is 21.9 Å². The van der Waals surface area contributed by atoms with Crippen molar-refractivity contribution in [3.05, 3.63) is 113 Å². The van der Waals surface area contributed by atoms with E-state index in [2.05, 4.69) is 15.7 Å². The molecule has 1 atom stereocenters. The number of hydrogen-bond donors (Lipinski definition) is 2. The Morgan fingerprint density at radius 2 is 1.59 bits per heavy atom. The molecule has 0 fully saturated rings. The molecule has 3 aromatic carbocycles. The monoisotopic (exact) mass is 564 g/mol. The molecule has 1 aromatic heterocycles. The van der Waals surface area contributed by atoms with E-state index in [-0.39, 0.29) is 23.8 Å². The highest BCUT2D eigenvalue weighted by atomic mass is 19.4. The second-order valence-electron chi connectivity index (χ2n) is 10.6. The van der Waals surface area contributed by atoms with Crippen molar-refractivity contribution in [1.29, 1.82) is 0 Å². The van der Waals surface area contributed by atoms with Crippen LogP contribution >= 0.6 is 0 Å². The summed E-state index contributed by atoms with van der Waals surface area (Å²) in [4.78, 5) is 25.4. The summed E-state index contributed by atoms with van der Waals surface area (Å²) in [6, 6.07) is 24.1. The smallest absolute Gasteiger partial charge is 0.435 e. The Balaban J connectivity index is 1.59. The quantitative estimate of drug-likeness (QED) is 0.246. The van der Waals surface area contributed by atoms with E-state index < -0.39 is 29.5 Å². The molecule has 0 aliphatic carbocycles. The number of alkyl carbamates (subject to hydrolysis) is 1. The highest BCUT2D eigenvalue weighted by molar-refractivity contribution is 6.03. The van der Waals surface area contributed by atoms with Gasteiger partial charge in [0.25, 0.3) is 5.91 Å². The number of nitrogens with one attached hydrogen (secondary N) is 2. The molecule has 0 aliphatic heterocycles. The lowest BCUT2D eigenvalue weighted by Gasteiger charge is -2.19. The second-order valence-corrected chi connectivity index (χ2v) is 10.6. The third kappa shape index (κ3) is 7.75. The number of halogens is 3. The summed E-state index contributed by atoms with van der Waals surface area (Å²) >= 11 is 0. The van der Waals surface area contributed by atoms with Gasteiger partial charge in [0.05, 0.1) is 5.69 Å². The predicted octanol–water partition coefficient (Wildman–Crippen LogP) is 7.32. The van der Waals surface area contributed by atoms with E-state index in [1.165, 1.54) is 6.07 Å². The van der Waals surface area contributed by atoms with Crippen molar-refractivity contribution in [1.82, 2.24) is 15.1 Å². The van der Waals surface area contributed by atoms with Crippen LogP contribution in [0.2, 0.25) is 0 Å². The average Bonchev–Trinajstić information content (AvgIpc) is 3.38. The Morgan fingerprint density at radius 3 is 2.27 bits per heavy atom. The zero-order valence-corrected chi connectivity index (χ0v) is 23.1. The predicted molar refractivity (Wildman–Crippen MR) is 150 cm³/mol. The number of nitrogens with zero attached hydrogens (tertiary/aromatic N) is 2. The first-order valence-electron chi connectivity index (χ1n) is 13.0. The first kappa shape index (κ1) is 29.4. The molecule has 0 aliphatic rings. The number of rotatable bonds is 7. The van der Waals surface area contributed by atoms with Gasteiger partial charge in [-0.15, -0.1) is 0 Å². The van der Waals surface area contributed by atoms with Gasteiger partial charge in [-0.3, -0.25) is 4.79 Å². The van der Waals surface area contributed by atoms with E-state index in [1.54, 1.807) is 57.2 Å². The number of hydrogen-bond acceptors (Lipinski definition) is 4. The number of anilines is 1. The minimum Gasteiger partial charge on any atom is -0.444 e. The van der Waals surface area contributed by atoms with Crippen molar-refractivity contribution in [2.24, 2.45) is 0 Å². The number of carbonyl (C=O) groups excluding carboxylic acids is 2. The molecule has 0 radical (unpaired) electrons. The molecule has 0 saturated heterocycles. The van der Waals surface area contributed by atoms with E-state index in [1.807, 2.05) is 43.3 Å². The largest absolute Gasteiger partial charge is 0.444 e. The normalized spacial score (nSPS) is 12.5. The maximum Gasteiger partial charge on any atom is 0.435 e. The third-order valence-electron chi connectivity index (χ3n) is 6.17. The van der Waals surface area contributed by atoms with Crippen molar-refractivity contribution in [3.8, 4) is 5.69 Å². The van der Waals surface area contributed by atoms with Crippen molar-refractivity contribution in [2.45, 2.75) is 51.9 Å². The van der Waals surface area contributed by atoms with Crippen molar-refractivity contribution in [3.63, 3.8) is 0 Å². The molecular formula is C31H31F3N4O3.